The van der Waals surface area contributed by atoms with Gasteiger partial charge in [-0.25, -0.2) is 4.79 Å². The molecule has 2 N–H and O–H groups in total. The smallest absolute Gasteiger partial charge is 0.454 e. The molecule has 2 aromatic heterocycles. The van der Waals surface area contributed by atoms with Crippen LogP contribution in [-0.2, 0) is 4.74 Å². The molecule has 0 saturated heterocycles. The van der Waals surface area contributed by atoms with E-state index in [2.05, 4.69) is 26.9 Å². The van der Waals surface area contributed by atoms with Crippen LogP contribution in [0.3, 0.4) is 0 Å². The van der Waals surface area contributed by atoms with E-state index in [0.29, 0.717) is 28.6 Å². The van der Waals surface area contributed by atoms with Crippen LogP contribution in [0.25, 0.3) is 23.6 Å². The lowest BCUT2D eigenvalue weighted by Crippen LogP contribution is -2.28. The number of halogens is 3. The van der Waals surface area contributed by atoms with Crippen LogP contribution in [0.15, 0.2) is 77.2 Å². The number of alkyl halides is 3. The maximum absolute atomic E-state index is 12.5. The number of urea groups is 1. The molecule has 1 aliphatic rings. The van der Waals surface area contributed by atoms with Gasteiger partial charge in [0.1, 0.15) is 17.2 Å². The largest absolute Gasteiger partial charge is 0.573 e. The van der Waals surface area contributed by atoms with Crippen molar-refractivity contribution in [1.82, 2.24) is 10.3 Å². The summed E-state index contributed by atoms with van der Waals surface area (Å²) in [5.74, 6) is 0.632. The zero-order valence-electron chi connectivity index (χ0n) is 19.1. The number of rotatable bonds is 6. The third-order valence-corrected chi connectivity index (χ3v) is 4.19. The average molecular weight is 473 g/mol. The zero-order chi connectivity index (χ0) is 25.1. The molecule has 0 aromatic carbocycles. The average Bonchev–Trinajstić information content (AvgIpc) is 3.08. The van der Waals surface area contributed by atoms with Crippen molar-refractivity contribution >= 4 is 23.9 Å². The minimum atomic E-state index is -4.79. The molecule has 6 nitrogen and oxygen atoms in total. The summed E-state index contributed by atoms with van der Waals surface area (Å²) < 4.78 is 46.8. The summed E-state index contributed by atoms with van der Waals surface area (Å²) >= 11 is 0. The second-order valence-corrected chi connectivity index (χ2v) is 6.53. The van der Waals surface area contributed by atoms with E-state index < -0.39 is 12.4 Å². The first-order valence-electron chi connectivity index (χ1n) is 10.5. The number of nitrogens with one attached hydrogen (secondary N) is 2. The Bertz CT molecular complexity index is 1130. The van der Waals surface area contributed by atoms with Gasteiger partial charge < -0.3 is 19.8 Å². The van der Waals surface area contributed by atoms with E-state index in [4.69, 9.17) is 4.42 Å². The first-order valence-corrected chi connectivity index (χ1v) is 10.5. The van der Waals surface area contributed by atoms with Gasteiger partial charge in [0.25, 0.3) is 0 Å². The summed E-state index contributed by atoms with van der Waals surface area (Å²) in [4.78, 5) is 16.8. The Kier molecular flexibility index (Phi) is 9.49. The molecule has 0 bridgehead atoms. The fourth-order valence-corrected chi connectivity index (χ4v) is 2.91. The molecule has 0 spiro atoms. The zero-order valence-corrected chi connectivity index (χ0v) is 19.1. The number of anilines is 1. The number of carbonyl (C=O) groups is 1. The number of nitrogens with zero attached hydrogens (tertiary/aromatic N) is 1. The van der Waals surface area contributed by atoms with E-state index in [1.807, 2.05) is 32.9 Å². The summed E-state index contributed by atoms with van der Waals surface area (Å²) in [5, 5.41) is 5.30. The molecule has 0 fully saturated rings. The Morgan fingerprint density at radius 2 is 2.03 bits per heavy atom. The number of ether oxygens (including phenoxy) is 1. The Morgan fingerprint density at radius 1 is 1.26 bits per heavy atom. The van der Waals surface area contributed by atoms with E-state index in [0.717, 1.165) is 11.6 Å². The van der Waals surface area contributed by atoms with Crippen LogP contribution in [0.4, 0.5) is 23.7 Å². The van der Waals surface area contributed by atoms with Crippen molar-refractivity contribution in [2.75, 3.05) is 5.32 Å². The number of hydrogen-bond donors (Lipinski definition) is 2. The number of furan rings is 1. The molecule has 0 saturated carbocycles. The van der Waals surface area contributed by atoms with Crippen molar-refractivity contribution in [2.24, 2.45) is 0 Å². The van der Waals surface area contributed by atoms with E-state index in [-0.39, 0.29) is 12.2 Å². The summed E-state index contributed by atoms with van der Waals surface area (Å²) in [5.41, 5.74) is 2.00. The maximum Gasteiger partial charge on any atom is 0.573 e. The van der Waals surface area contributed by atoms with Crippen LogP contribution >= 0.6 is 0 Å². The molecular weight excluding hydrogens is 447 g/mol. The minimum Gasteiger partial charge on any atom is -0.454 e. The SMILES string of the molecule is C=Cc1oc(-c2ncccc2NC(=O)NC2=CC=C(OC(F)(F)F)C=CC2)cc1/C=C\C.CC. The Hall–Kier alpha value is -4.01. The molecular formula is C25H26F3N3O3. The topological polar surface area (TPSA) is 76.4 Å². The summed E-state index contributed by atoms with van der Waals surface area (Å²) in [7, 11) is 0. The first-order chi connectivity index (χ1) is 16.3. The Labute approximate surface area is 196 Å². The molecule has 0 atom stereocenters. The molecule has 3 rings (SSSR count). The van der Waals surface area contributed by atoms with Crippen LogP contribution in [0.5, 0.6) is 0 Å². The Morgan fingerprint density at radius 3 is 2.71 bits per heavy atom. The minimum absolute atomic E-state index is 0.210. The van der Waals surface area contributed by atoms with Crippen LogP contribution in [0.1, 0.15) is 38.5 Å². The van der Waals surface area contributed by atoms with Gasteiger partial charge in [0.15, 0.2) is 5.76 Å². The van der Waals surface area contributed by atoms with Crippen molar-refractivity contribution in [2.45, 2.75) is 33.6 Å². The highest BCUT2D eigenvalue weighted by Crippen LogP contribution is 2.31. The summed E-state index contributed by atoms with van der Waals surface area (Å²) in [6.45, 7) is 9.61. The maximum atomic E-state index is 12.5. The van der Waals surface area contributed by atoms with E-state index in [9.17, 15) is 18.0 Å². The van der Waals surface area contributed by atoms with Crippen molar-refractivity contribution in [3.63, 3.8) is 0 Å². The molecule has 2 amide bonds. The lowest BCUT2D eigenvalue weighted by molar-refractivity contribution is -0.303. The molecule has 2 heterocycles. The van der Waals surface area contributed by atoms with Gasteiger partial charge in [-0.1, -0.05) is 38.7 Å². The highest BCUT2D eigenvalue weighted by atomic mass is 19.4. The van der Waals surface area contributed by atoms with Crippen LogP contribution < -0.4 is 10.6 Å². The lowest BCUT2D eigenvalue weighted by Gasteiger charge is -2.11. The standard InChI is InChI=1S/C23H20F3N3O3.C2H6/c1-3-7-15-14-20(31-19(15)4-2)21-18(10-6-13-27-21)29-22(30)28-16-8-5-9-17(12-11-16)32-23(24,25)26;1-2/h3-7,9-14H,2,8H2,1H3,(H2,28,29,30);1-2H3/b7-3-;. The Balaban J connectivity index is 0.00000199. The van der Waals surface area contributed by atoms with Gasteiger partial charge in [0.2, 0.25) is 0 Å². The quantitative estimate of drug-likeness (QED) is 0.457. The number of aromatic nitrogens is 1. The molecule has 180 valence electrons. The number of pyridine rings is 1. The number of hydrogen-bond acceptors (Lipinski definition) is 4. The van der Waals surface area contributed by atoms with Gasteiger partial charge in [-0.15, -0.1) is 13.2 Å². The van der Waals surface area contributed by atoms with Gasteiger partial charge in [-0.2, -0.15) is 0 Å². The predicted molar refractivity (Wildman–Crippen MR) is 127 cm³/mol. The van der Waals surface area contributed by atoms with Gasteiger partial charge in [-0.05, 0) is 49.4 Å². The summed E-state index contributed by atoms with van der Waals surface area (Å²) in [6, 6.07) is 4.51. The first kappa shape index (κ1) is 26.2. The molecule has 0 unspecified atom stereocenters. The molecule has 0 radical (unpaired) electrons. The van der Waals surface area contributed by atoms with E-state index >= 15 is 0 Å². The fourth-order valence-electron chi connectivity index (χ4n) is 2.91. The van der Waals surface area contributed by atoms with Crippen molar-refractivity contribution < 1.29 is 27.1 Å². The van der Waals surface area contributed by atoms with Gasteiger partial charge in [0.05, 0.1) is 5.69 Å². The number of allylic oxidation sites excluding steroid dienone is 5. The highest BCUT2D eigenvalue weighted by molar-refractivity contribution is 5.94. The van der Waals surface area contributed by atoms with E-state index in [1.54, 1.807) is 30.5 Å². The summed E-state index contributed by atoms with van der Waals surface area (Å²) in [6.07, 6.45) is 7.41. The monoisotopic (exact) mass is 473 g/mol. The van der Waals surface area contributed by atoms with E-state index in [1.165, 1.54) is 18.2 Å². The lowest BCUT2D eigenvalue weighted by atomic mass is 10.2. The van der Waals surface area contributed by atoms with Crippen LogP contribution in [-0.4, -0.2) is 17.4 Å². The fraction of sp³-hybridized carbons (Fsp3) is 0.200. The van der Waals surface area contributed by atoms with Crippen molar-refractivity contribution in [1.29, 1.82) is 0 Å². The van der Waals surface area contributed by atoms with Gasteiger partial charge in [-0.3, -0.25) is 4.98 Å². The number of carbonyl (C=O) groups excluding carboxylic acids is 1. The van der Waals surface area contributed by atoms with Gasteiger partial charge in [0, 0.05) is 23.9 Å². The van der Waals surface area contributed by atoms with Crippen LogP contribution in [0, 0.1) is 0 Å². The third kappa shape index (κ3) is 7.54. The van der Waals surface area contributed by atoms with Crippen molar-refractivity contribution in [3.8, 4) is 11.5 Å². The van der Waals surface area contributed by atoms with Crippen molar-refractivity contribution in [3.05, 3.63) is 84.1 Å². The predicted octanol–water partition coefficient (Wildman–Crippen LogP) is 7.43. The second kappa shape index (κ2) is 12.3. The second-order valence-electron chi connectivity index (χ2n) is 6.53. The normalized spacial score (nSPS) is 13.2. The third-order valence-electron chi connectivity index (χ3n) is 4.19. The van der Waals surface area contributed by atoms with Crippen LogP contribution in [0.2, 0.25) is 0 Å². The van der Waals surface area contributed by atoms with Gasteiger partial charge >= 0.3 is 12.4 Å². The number of amides is 2. The highest BCUT2D eigenvalue weighted by Gasteiger charge is 2.31. The molecule has 9 heteroatoms. The molecule has 1 aliphatic carbocycles. The molecule has 0 aliphatic heterocycles. The molecule has 34 heavy (non-hydrogen) atoms. The molecule has 2 aromatic rings.